The number of rotatable bonds is 8. The second kappa shape index (κ2) is 10.5. The van der Waals surface area contributed by atoms with Crippen LogP contribution in [0.2, 0.25) is 0 Å². The summed E-state index contributed by atoms with van der Waals surface area (Å²) >= 11 is 0. The molecular formula is C21H21NO6. The molecule has 0 saturated carbocycles. The first kappa shape index (κ1) is 20.7. The van der Waals surface area contributed by atoms with Crippen LogP contribution < -0.4 is 14.8 Å². The number of amides is 1. The zero-order valence-electron chi connectivity index (χ0n) is 15.6. The van der Waals surface area contributed by atoms with E-state index in [1.54, 1.807) is 25.3 Å². The highest BCUT2D eigenvalue weighted by Crippen LogP contribution is 2.14. The van der Waals surface area contributed by atoms with E-state index in [9.17, 15) is 14.4 Å². The smallest absolute Gasteiger partial charge is 0.337 e. The highest BCUT2D eigenvalue weighted by atomic mass is 16.5. The molecule has 0 radical (unpaired) electrons. The van der Waals surface area contributed by atoms with Gasteiger partial charge >= 0.3 is 11.9 Å². The lowest BCUT2D eigenvalue weighted by atomic mass is 10.2. The van der Waals surface area contributed by atoms with E-state index in [2.05, 4.69) is 10.1 Å². The van der Waals surface area contributed by atoms with E-state index in [-0.39, 0.29) is 18.9 Å². The Hall–Kier alpha value is -3.61. The largest absolute Gasteiger partial charge is 0.497 e. The first-order valence-corrected chi connectivity index (χ1v) is 8.51. The van der Waals surface area contributed by atoms with Gasteiger partial charge < -0.3 is 19.5 Å². The number of carbonyl (C=O) groups is 3. The average molecular weight is 383 g/mol. The van der Waals surface area contributed by atoms with Crippen LogP contribution in [0, 0.1) is 0 Å². The maximum absolute atomic E-state index is 11.8. The summed E-state index contributed by atoms with van der Waals surface area (Å²) < 4.78 is 14.8. The van der Waals surface area contributed by atoms with Crippen LogP contribution in [0.5, 0.6) is 11.5 Å². The van der Waals surface area contributed by atoms with E-state index >= 15 is 0 Å². The Balaban J connectivity index is 1.72. The van der Waals surface area contributed by atoms with Crippen molar-refractivity contribution in [3.63, 3.8) is 0 Å². The fraction of sp³-hybridized carbons (Fsp3) is 0.190. The Morgan fingerprint density at radius 2 is 1.57 bits per heavy atom. The van der Waals surface area contributed by atoms with Crippen molar-refractivity contribution in [3.05, 3.63) is 65.7 Å². The van der Waals surface area contributed by atoms with E-state index in [4.69, 9.17) is 9.47 Å². The van der Waals surface area contributed by atoms with Crippen molar-refractivity contribution in [3.8, 4) is 11.5 Å². The Morgan fingerprint density at radius 3 is 2.18 bits per heavy atom. The number of carbonyl (C=O) groups excluding carboxylic acids is 3. The van der Waals surface area contributed by atoms with Gasteiger partial charge in [0.25, 0.3) is 0 Å². The fourth-order valence-corrected chi connectivity index (χ4v) is 2.19. The molecule has 0 bridgehead atoms. The summed E-state index contributed by atoms with van der Waals surface area (Å²) in [6.07, 6.45) is 3.06. The maximum atomic E-state index is 11.8. The van der Waals surface area contributed by atoms with Crippen molar-refractivity contribution in [2.45, 2.75) is 6.42 Å². The number of ether oxygens (including phenoxy) is 3. The molecule has 2 rings (SSSR count). The van der Waals surface area contributed by atoms with Gasteiger partial charge in [-0.2, -0.15) is 0 Å². The van der Waals surface area contributed by atoms with Gasteiger partial charge in [-0.25, -0.2) is 4.79 Å². The minimum atomic E-state index is -0.495. The molecule has 1 N–H and O–H groups in total. The molecule has 2 aromatic carbocycles. The number of hydrogen-bond donors (Lipinski definition) is 1. The van der Waals surface area contributed by atoms with Gasteiger partial charge in [-0.1, -0.05) is 12.1 Å². The maximum Gasteiger partial charge on any atom is 0.337 e. The van der Waals surface area contributed by atoms with E-state index in [1.807, 2.05) is 12.1 Å². The molecule has 0 unspecified atom stereocenters. The summed E-state index contributed by atoms with van der Waals surface area (Å²) in [7, 11) is 2.87. The van der Waals surface area contributed by atoms with Gasteiger partial charge in [-0.15, -0.1) is 0 Å². The SMILES string of the molecule is COC(=O)c1ccc(OC(=O)CCNC(=O)/C=C/c2ccc(OC)cc2)cc1. The van der Waals surface area contributed by atoms with E-state index in [0.717, 1.165) is 11.3 Å². The molecule has 0 aliphatic heterocycles. The second-order valence-corrected chi connectivity index (χ2v) is 5.64. The highest BCUT2D eigenvalue weighted by Gasteiger charge is 2.08. The van der Waals surface area contributed by atoms with Gasteiger partial charge in [0.1, 0.15) is 11.5 Å². The number of hydrogen-bond acceptors (Lipinski definition) is 6. The van der Waals surface area contributed by atoms with Crippen molar-refractivity contribution >= 4 is 23.9 Å². The number of esters is 2. The third-order valence-corrected chi connectivity index (χ3v) is 3.68. The van der Waals surface area contributed by atoms with E-state index < -0.39 is 11.9 Å². The molecule has 0 atom stereocenters. The zero-order valence-corrected chi connectivity index (χ0v) is 15.6. The third kappa shape index (κ3) is 6.60. The van der Waals surface area contributed by atoms with Gasteiger partial charge in [0.05, 0.1) is 26.2 Å². The first-order valence-electron chi connectivity index (χ1n) is 8.51. The summed E-state index contributed by atoms with van der Waals surface area (Å²) in [6.45, 7) is 0.144. The molecule has 1 amide bonds. The van der Waals surface area contributed by atoms with Gasteiger partial charge in [-0.3, -0.25) is 9.59 Å². The zero-order chi connectivity index (χ0) is 20.4. The van der Waals surface area contributed by atoms with Crippen molar-refractivity contribution in [1.29, 1.82) is 0 Å². The number of methoxy groups -OCH3 is 2. The van der Waals surface area contributed by atoms with Crippen LogP contribution in [-0.4, -0.2) is 38.6 Å². The average Bonchev–Trinajstić information content (AvgIpc) is 2.72. The predicted molar refractivity (Wildman–Crippen MR) is 103 cm³/mol. The molecule has 0 saturated heterocycles. The highest BCUT2D eigenvalue weighted by molar-refractivity contribution is 5.92. The summed E-state index contributed by atoms with van der Waals surface area (Å²) in [5, 5.41) is 2.61. The summed E-state index contributed by atoms with van der Waals surface area (Å²) in [5.41, 5.74) is 1.21. The van der Waals surface area contributed by atoms with Gasteiger partial charge in [0.15, 0.2) is 0 Å². The monoisotopic (exact) mass is 383 g/mol. The standard InChI is InChI=1S/C21H21NO6/c1-26-17-8-3-15(4-9-17)5-12-19(23)22-14-13-20(24)28-18-10-6-16(7-11-18)21(25)27-2/h3-12H,13-14H2,1-2H3,(H,22,23)/b12-5+. The lowest BCUT2D eigenvalue weighted by molar-refractivity contribution is -0.134. The van der Waals surface area contributed by atoms with Gasteiger partial charge in [0, 0.05) is 12.6 Å². The fourth-order valence-electron chi connectivity index (χ4n) is 2.19. The normalized spacial score (nSPS) is 10.4. The lowest BCUT2D eigenvalue weighted by Gasteiger charge is -2.06. The van der Waals surface area contributed by atoms with Crippen molar-refractivity contribution < 1.29 is 28.6 Å². The number of nitrogens with one attached hydrogen (secondary N) is 1. The molecule has 28 heavy (non-hydrogen) atoms. The summed E-state index contributed by atoms with van der Waals surface area (Å²) in [6, 6.07) is 13.2. The molecular weight excluding hydrogens is 362 g/mol. The van der Waals surface area contributed by atoms with Crippen LogP contribution in [0.15, 0.2) is 54.6 Å². The Kier molecular flexibility index (Phi) is 7.77. The Labute approximate surface area is 162 Å². The predicted octanol–water partition coefficient (Wildman–Crippen LogP) is 2.61. The third-order valence-electron chi connectivity index (χ3n) is 3.68. The summed E-state index contributed by atoms with van der Waals surface area (Å²) in [4.78, 5) is 34.9. The number of benzene rings is 2. The van der Waals surface area contributed by atoms with Crippen LogP contribution in [0.1, 0.15) is 22.3 Å². The van der Waals surface area contributed by atoms with Gasteiger partial charge in [0.2, 0.25) is 5.91 Å². The summed E-state index contributed by atoms with van der Waals surface area (Å²) in [5.74, 6) is -0.233. The first-order chi connectivity index (χ1) is 13.5. The van der Waals surface area contributed by atoms with Gasteiger partial charge in [-0.05, 0) is 48.0 Å². The minimum absolute atomic E-state index is 0.0148. The van der Waals surface area contributed by atoms with Crippen molar-refractivity contribution in [1.82, 2.24) is 5.32 Å². The van der Waals surface area contributed by atoms with Crippen LogP contribution in [0.25, 0.3) is 6.08 Å². The second-order valence-electron chi connectivity index (χ2n) is 5.64. The molecule has 2 aromatic rings. The molecule has 7 nitrogen and oxygen atoms in total. The van der Waals surface area contributed by atoms with E-state index in [0.29, 0.717) is 11.3 Å². The molecule has 0 aliphatic rings. The molecule has 146 valence electrons. The van der Waals surface area contributed by atoms with Crippen molar-refractivity contribution in [2.75, 3.05) is 20.8 Å². The van der Waals surface area contributed by atoms with Crippen molar-refractivity contribution in [2.24, 2.45) is 0 Å². The molecule has 0 aliphatic carbocycles. The molecule has 0 heterocycles. The lowest BCUT2D eigenvalue weighted by Crippen LogP contribution is -2.25. The molecule has 7 heteroatoms. The van der Waals surface area contributed by atoms with Crippen LogP contribution >= 0.6 is 0 Å². The van der Waals surface area contributed by atoms with Crippen LogP contribution in [0.4, 0.5) is 0 Å². The quantitative estimate of drug-likeness (QED) is 0.428. The molecule has 0 aromatic heterocycles. The Bertz CT molecular complexity index is 840. The molecule has 0 fully saturated rings. The minimum Gasteiger partial charge on any atom is -0.497 e. The van der Waals surface area contributed by atoms with E-state index in [1.165, 1.54) is 37.5 Å². The topological polar surface area (TPSA) is 90.9 Å². The Morgan fingerprint density at radius 1 is 0.929 bits per heavy atom. The molecule has 0 spiro atoms. The van der Waals surface area contributed by atoms with Crippen LogP contribution in [-0.2, 0) is 14.3 Å². The van der Waals surface area contributed by atoms with Crippen LogP contribution in [0.3, 0.4) is 0 Å².